The number of benzene rings is 2. The summed E-state index contributed by atoms with van der Waals surface area (Å²) in [5.41, 5.74) is -1.40. The summed E-state index contributed by atoms with van der Waals surface area (Å²) in [4.78, 5) is 20.1. The van der Waals surface area contributed by atoms with Crippen LogP contribution in [0.25, 0.3) is 22.6 Å². The summed E-state index contributed by atoms with van der Waals surface area (Å²) in [6.07, 6.45) is -9.05. The van der Waals surface area contributed by atoms with E-state index in [0.717, 1.165) is 43.5 Å². The third kappa shape index (κ3) is 4.58. The summed E-state index contributed by atoms with van der Waals surface area (Å²) < 4.78 is 81.2. The van der Waals surface area contributed by atoms with Crippen molar-refractivity contribution < 1.29 is 35.9 Å². The van der Waals surface area contributed by atoms with E-state index < -0.39 is 29.4 Å². The van der Waals surface area contributed by atoms with Gasteiger partial charge in [0.15, 0.2) is 11.5 Å². The van der Waals surface area contributed by atoms with Gasteiger partial charge in [0.05, 0.1) is 23.9 Å². The Kier molecular flexibility index (Phi) is 5.51. The number of ether oxygens (including phenoxy) is 1. The molecule has 3 aromatic rings. The van der Waals surface area contributed by atoms with Gasteiger partial charge in [0.25, 0.3) is 0 Å². The van der Waals surface area contributed by atoms with Gasteiger partial charge in [-0.3, -0.25) is 0 Å². The number of esters is 1. The molecule has 2 aromatic carbocycles. The van der Waals surface area contributed by atoms with Crippen LogP contribution in [0, 0.1) is 0 Å². The summed E-state index contributed by atoms with van der Waals surface area (Å²) in [6, 6.07) is 9.21. The molecular formula is C20H12F6N2O2. The molecule has 0 amide bonds. The minimum Gasteiger partial charge on any atom is -0.464 e. The van der Waals surface area contributed by atoms with Gasteiger partial charge in [-0.15, -0.1) is 0 Å². The maximum Gasteiger partial charge on any atom is 0.416 e. The lowest BCUT2D eigenvalue weighted by atomic mass is 10.1. The number of halogens is 6. The van der Waals surface area contributed by atoms with E-state index in [1.807, 2.05) is 0 Å². The number of methoxy groups -OCH3 is 1. The van der Waals surface area contributed by atoms with Crippen molar-refractivity contribution in [3.63, 3.8) is 0 Å². The molecule has 0 aliphatic rings. The molecule has 1 heterocycles. The number of carbonyl (C=O) groups excluding carboxylic acids is 1. The van der Waals surface area contributed by atoms with Crippen LogP contribution >= 0.6 is 0 Å². The van der Waals surface area contributed by atoms with Crippen LogP contribution in [0.3, 0.4) is 0 Å². The summed E-state index contributed by atoms with van der Waals surface area (Å²) in [5, 5.41) is 0. The van der Waals surface area contributed by atoms with Gasteiger partial charge in [-0.05, 0) is 30.3 Å². The molecule has 0 bridgehead atoms. The first-order valence-corrected chi connectivity index (χ1v) is 8.31. The largest absolute Gasteiger partial charge is 0.464 e. The van der Waals surface area contributed by atoms with Gasteiger partial charge >= 0.3 is 18.3 Å². The molecule has 0 radical (unpaired) electrons. The highest BCUT2D eigenvalue weighted by Crippen LogP contribution is 2.32. The van der Waals surface area contributed by atoms with E-state index in [4.69, 9.17) is 0 Å². The second-order valence-electron chi connectivity index (χ2n) is 6.10. The molecule has 1 aromatic heterocycles. The van der Waals surface area contributed by atoms with Crippen molar-refractivity contribution in [2.24, 2.45) is 0 Å². The molecule has 0 saturated heterocycles. The number of hydrogen-bond acceptors (Lipinski definition) is 4. The van der Waals surface area contributed by atoms with E-state index >= 15 is 0 Å². The second-order valence-corrected chi connectivity index (χ2v) is 6.10. The summed E-state index contributed by atoms with van der Waals surface area (Å²) >= 11 is 0. The van der Waals surface area contributed by atoms with Crippen LogP contribution in [-0.2, 0) is 17.1 Å². The lowest BCUT2D eigenvalue weighted by molar-refractivity contribution is -0.138. The van der Waals surface area contributed by atoms with Crippen LogP contribution in [0.2, 0.25) is 0 Å². The summed E-state index contributed by atoms with van der Waals surface area (Å²) in [5.74, 6) is -0.916. The molecule has 30 heavy (non-hydrogen) atoms. The fourth-order valence-corrected chi connectivity index (χ4v) is 2.57. The highest BCUT2D eigenvalue weighted by molar-refractivity contribution is 5.89. The standard InChI is InChI=1S/C20H12F6N2O2/c1-30-18(29)16-10-15(11-2-6-13(7-3-11)19(21,22)23)27-17(28-16)12-4-8-14(9-5-12)20(24,25)26/h2-10H,1H3. The van der Waals surface area contributed by atoms with E-state index in [0.29, 0.717) is 0 Å². The average Bonchev–Trinajstić information content (AvgIpc) is 2.71. The molecule has 0 N–H and O–H groups in total. The van der Waals surface area contributed by atoms with Crippen molar-refractivity contribution >= 4 is 5.97 Å². The number of alkyl halides is 6. The SMILES string of the molecule is COC(=O)c1cc(-c2ccc(C(F)(F)F)cc2)nc(-c2ccc(C(F)(F)F)cc2)n1. The third-order valence-corrected chi connectivity index (χ3v) is 4.10. The van der Waals surface area contributed by atoms with Gasteiger partial charge in [0.2, 0.25) is 0 Å². The first-order valence-electron chi connectivity index (χ1n) is 8.31. The van der Waals surface area contributed by atoms with Crippen molar-refractivity contribution in [2.45, 2.75) is 12.4 Å². The Bertz CT molecular complexity index is 983. The van der Waals surface area contributed by atoms with E-state index in [1.165, 1.54) is 18.2 Å². The van der Waals surface area contributed by atoms with Crippen LogP contribution in [0.4, 0.5) is 26.3 Å². The zero-order valence-electron chi connectivity index (χ0n) is 15.2. The van der Waals surface area contributed by atoms with Gasteiger partial charge < -0.3 is 4.74 Å². The number of carbonyl (C=O) groups is 1. The van der Waals surface area contributed by atoms with Gasteiger partial charge in [0, 0.05) is 11.1 Å². The molecule has 0 aliphatic carbocycles. The number of aromatic nitrogens is 2. The number of hydrogen-bond donors (Lipinski definition) is 0. The monoisotopic (exact) mass is 426 g/mol. The Labute approximate surface area is 166 Å². The van der Waals surface area contributed by atoms with Crippen molar-refractivity contribution in [1.82, 2.24) is 9.97 Å². The maximum absolute atomic E-state index is 12.8. The van der Waals surface area contributed by atoms with Crippen LogP contribution in [0.1, 0.15) is 21.6 Å². The molecule has 156 valence electrons. The predicted molar refractivity (Wildman–Crippen MR) is 94.2 cm³/mol. The maximum atomic E-state index is 12.8. The Morgan fingerprint density at radius 1 is 0.767 bits per heavy atom. The first kappa shape index (κ1) is 21.3. The van der Waals surface area contributed by atoms with Gasteiger partial charge in [-0.25, -0.2) is 14.8 Å². The second kappa shape index (κ2) is 7.77. The van der Waals surface area contributed by atoms with Crippen molar-refractivity contribution in [3.05, 3.63) is 71.4 Å². The minimum atomic E-state index is -4.53. The zero-order chi connectivity index (χ0) is 22.1. The predicted octanol–water partition coefficient (Wildman–Crippen LogP) is 5.63. The Morgan fingerprint density at radius 2 is 1.23 bits per heavy atom. The molecule has 0 fully saturated rings. The van der Waals surface area contributed by atoms with Crippen LogP contribution in [0.15, 0.2) is 54.6 Å². The highest BCUT2D eigenvalue weighted by atomic mass is 19.4. The third-order valence-electron chi connectivity index (χ3n) is 4.10. The van der Waals surface area contributed by atoms with Gasteiger partial charge in [-0.2, -0.15) is 26.3 Å². The van der Waals surface area contributed by atoms with Crippen LogP contribution in [-0.4, -0.2) is 23.0 Å². The lowest BCUT2D eigenvalue weighted by Gasteiger charge is -2.11. The van der Waals surface area contributed by atoms with Crippen LogP contribution in [0.5, 0.6) is 0 Å². The van der Waals surface area contributed by atoms with E-state index in [9.17, 15) is 31.1 Å². The Balaban J connectivity index is 2.08. The fourth-order valence-electron chi connectivity index (χ4n) is 2.57. The van der Waals surface area contributed by atoms with Crippen LogP contribution < -0.4 is 0 Å². The molecule has 0 unspecified atom stereocenters. The molecular weight excluding hydrogens is 414 g/mol. The van der Waals surface area contributed by atoms with Gasteiger partial charge in [-0.1, -0.05) is 24.3 Å². The Morgan fingerprint density at radius 3 is 1.67 bits per heavy atom. The number of nitrogens with zero attached hydrogens (tertiary/aromatic N) is 2. The van der Waals surface area contributed by atoms with E-state index in [-0.39, 0.29) is 28.3 Å². The normalized spacial score (nSPS) is 12.0. The molecule has 10 heteroatoms. The summed E-state index contributed by atoms with van der Waals surface area (Å²) in [6.45, 7) is 0. The van der Waals surface area contributed by atoms with Gasteiger partial charge in [0.1, 0.15) is 0 Å². The molecule has 0 atom stereocenters. The quantitative estimate of drug-likeness (QED) is 0.402. The smallest absolute Gasteiger partial charge is 0.416 e. The molecule has 0 saturated carbocycles. The number of rotatable bonds is 3. The minimum absolute atomic E-state index is 0.0819. The molecule has 3 rings (SSSR count). The first-order chi connectivity index (χ1) is 14.0. The van der Waals surface area contributed by atoms with Crippen molar-refractivity contribution in [2.75, 3.05) is 7.11 Å². The highest BCUT2D eigenvalue weighted by Gasteiger charge is 2.31. The average molecular weight is 426 g/mol. The molecule has 0 aliphatic heterocycles. The molecule has 4 nitrogen and oxygen atoms in total. The van der Waals surface area contributed by atoms with Crippen molar-refractivity contribution in [3.8, 4) is 22.6 Å². The zero-order valence-corrected chi connectivity index (χ0v) is 15.2. The summed E-state index contributed by atoms with van der Waals surface area (Å²) in [7, 11) is 1.11. The van der Waals surface area contributed by atoms with E-state index in [1.54, 1.807) is 0 Å². The topological polar surface area (TPSA) is 52.1 Å². The Hall–Kier alpha value is -3.43. The van der Waals surface area contributed by atoms with E-state index in [2.05, 4.69) is 14.7 Å². The van der Waals surface area contributed by atoms with Crippen molar-refractivity contribution in [1.29, 1.82) is 0 Å². The molecule has 0 spiro atoms. The lowest BCUT2D eigenvalue weighted by Crippen LogP contribution is -2.08. The fraction of sp³-hybridized carbons (Fsp3) is 0.150.